The van der Waals surface area contributed by atoms with Gasteiger partial charge < -0.3 is 14.8 Å². The molecule has 2 N–H and O–H groups in total. The van der Waals surface area contributed by atoms with E-state index in [2.05, 4.69) is 19.2 Å². The summed E-state index contributed by atoms with van der Waals surface area (Å²) in [5.74, 6) is 1.32. The van der Waals surface area contributed by atoms with Crippen molar-refractivity contribution in [2.75, 3.05) is 0 Å². The van der Waals surface area contributed by atoms with Gasteiger partial charge in [-0.25, -0.2) is 0 Å². The molecular formula is C16H21NO2. The molecule has 0 aliphatic carbocycles. The van der Waals surface area contributed by atoms with E-state index in [-0.39, 0.29) is 12.1 Å². The molecule has 0 bridgehead atoms. The third-order valence-electron chi connectivity index (χ3n) is 3.27. The van der Waals surface area contributed by atoms with Crippen LogP contribution in [0, 0.1) is 6.92 Å². The molecule has 2 unspecified atom stereocenters. The Bertz CT molecular complexity index is 520. The lowest BCUT2D eigenvalue weighted by Gasteiger charge is -2.20. The van der Waals surface area contributed by atoms with Crippen molar-refractivity contribution < 1.29 is 9.52 Å². The van der Waals surface area contributed by atoms with Crippen LogP contribution in [0.2, 0.25) is 0 Å². The van der Waals surface area contributed by atoms with Crippen molar-refractivity contribution in [2.24, 2.45) is 0 Å². The standard InChI is InChI=1S/C16H21NO2/c1-11-6-7-15(16(18)9-11)13(3)17-12(2)10-14-5-4-8-19-14/h4-9,12-13,17-18H,10H2,1-3H3. The summed E-state index contributed by atoms with van der Waals surface area (Å²) in [5.41, 5.74) is 1.99. The molecule has 1 heterocycles. The molecule has 0 saturated carbocycles. The second-order valence-corrected chi connectivity index (χ2v) is 5.14. The lowest BCUT2D eigenvalue weighted by atomic mass is 10.0. The molecule has 0 saturated heterocycles. The summed E-state index contributed by atoms with van der Waals surface area (Å²) in [5, 5.41) is 13.4. The van der Waals surface area contributed by atoms with Crippen LogP contribution in [0.15, 0.2) is 41.0 Å². The summed E-state index contributed by atoms with van der Waals surface area (Å²) in [6, 6.07) is 10.0. The molecule has 1 aromatic carbocycles. The van der Waals surface area contributed by atoms with Crippen LogP contribution in [0.1, 0.15) is 36.8 Å². The molecule has 1 aromatic heterocycles. The van der Waals surface area contributed by atoms with Crippen LogP contribution < -0.4 is 5.32 Å². The Hall–Kier alpha value is -1.74. The van der Waals surface area contributed by atoms with E-state index in [1.807, 2.05) is 31.2 Å². The number of nitrogens with one attached hydrogen (secondary N) is 1. The van der Waals surface area contributed by atoms with Gasteiger partial charge >= 0.3 is 0 Å². The van der Waals surface area contributed by atoms with Crippen molar-refractivity contribution in [1.29, 1.82) is 0 Å². The number of hydrogen-bond acceptors (Lipinski definition) is 3. The molecule has 102 valence electrons. The van der Waals surface area contributed by atoms with E-state index in [0.717, 1.165) is 23.3 Å². The van der Waals surface area contributed by atoms with Crippen LogP contribution in [-0.2, 0) is 6.42 Å². The fourth-order valence-corrected chi connectivity index (χ4v) is 2.33. The topological polar surface area (TPSA) is 45.4 Å². The Labute approximate surface area is 114 Å². The van der Waals surface area contributed by atoms with Crippen molar-refractivity contribution in [2.45, 2.75) is 39.3 Å². The van der Waals surface area contributed by atoms with Gasteiger partial charge in [0.25, 0.3) is 0 Å². The minimum Gasteiger partial charge on any atom is -0.508 e. The van der Waals surface area contributed by atoms with Gasteiger partial charge in [-0.3, -0.25) is 0 Å². The summed E-state index contributed by atoms with van der Waals surface area (Å²) in [7, 11) is 0. The highest BCUT2D eigenvalue weighted by atomic mass is 16.3. The van der Waals surface area contributed by atoms with Gasteiger partial charge in [0.05, 0.1) is 6.26 Å². The molecule has 0 spiro atoms. The maximum Gasteiger partial charge on any atom is 0.120 e. The predicted octanol–water partition coefficient (Wildman–Crippen LogP) is 3.58. The molecule has 0 aliphatic heterocycles. The van der Waals surface area contributed by atoms with Crippen LogP contribution in [-0.4, -0.2) is 11.1 Å². The number of furan rings is 1. The molecule has 3 heteroatoms. The molecule has 2 rings (SSSR count). The maximum atomic E-state index is 9.97. The van der Waals surface area contributed by atoms with Gasteiger partial charge in [0.2, 0.25) is 0 Å². The summed E-state index contributed by atoms with van der Waals surface area (Å²) < 4.78 is 5.34. The fraction of sp³-hybridized carbons (Fsp3) is 0.375. The number of aromatic hydroxyl groups is 1. The molecule has 0 amide bonds. The fourth-order valence-electron chi connectivity index (χ4n) is 2.33. The van der Waals surface area contributed by atoms with Gasteiger partial charge in [-0.05, 0) is 44.5 Å². The first-order chi connectivity index (χ1) is 9.06. The number of rotatable bonds is 5. The lowest BCUT2D eigenvalue weighted by molar-refractivity contribution is 0.413. The maximum absolute atomic E-state index is 9.97. The number of hydrogen-bond donors (Lipinski definition) is 2. The second kappa shape index (κ2) is 5.93. The third kappa shape index (κ3) is 3.61. The minimum absolute atomic E-state index is 0.102. The summed E-state index contributed by atoms with van der Waals surface area (Å²) in [4.78, 5) is 0. The summed E-state index contributed by atoms with van der Waals surface area (Å²) in [6.07, 6.45) is 2.53. The van der Waals surface area contributed by atoms with E-state index >= 15 is 0 Å². The van der Waals surface area contributed by atoms with Crippen molar-refractivity contribution >= 4 is 0 Å². The van der Waals surface area contributed by atoms with Gasteiger partial charge in [-0.1, -0.05) is 12.1 Å². The molecule has 19 heavy (non-hydrogen) atoms. The van der Waals surface area contributed by atoms with Gasteiger partial charge in [-0.2, -0.15) is 0 Å². The molecule has 3 nitrogen and oxygen atoms in total. The zero-order valence-corrected chi connectivity index (χ0v) is 11.7. The monoisotopic (exact) mass is 259 g/mol. The van der Waals surface area contributed by atoms with Crippen molar-refractivity contribution in [3.63, 3.8) is 0 Å². The average molecular weight is 259 g/mol. The highest BCUT2D eigenvalue weighted by molar-refractivity contribution is 5.37. The normalized spacial score (nSPS) is 14.3. The molecule has 0 aliphatic rings. The van der Waals surface area contributed by atoms with Crippen LogP contribution in [0.5, 0.6) is 5.75 Å². The quantitative estimate of drug-likeness (QED) is 0.862. The largest absolute Gasteiger partial charge is 0.508 e. The zero-order valence-electron chi connectivity index (χ0n) is 11.7. The molecule has 2 atom stereocenters. The highest BCUT2D eigenvalue weighted by Crippen LogP contribution is 2.25. The number of phenolic OH excluding ortho intramolecular Hbond substituents is 1. The second-order valence-electron chi connectivity index (χ2n) is 5.14. The number of benzene rings is 1. The third-order valence-corrected chi connectivity index (χ3v) is 3.27. The first kappa shape index (κ1) is 13.7. The summed E-state index contributed by atoms with van der Waals surface area (Å²) >= 11 is 0. The molecule has 0 radical (unpaired) electrons. The first-order valence-corrected chi connectivity index (χ1v) is 6.64. The van der Waals surface area contributed by atoms with Gasteiger partial charge in [-0.15, -0.1) is 0 Å². The highest BCUT2D eigenvalue weighted by Gasteiger charge is 2.14. The van der Waals surface area contributed by atoms with E-state index in [1.54, 1.807) is 12.3 Å². The van der Waals surface area contributed by atoms with Crippen LogP contribution in [0.25, 0.3) is 0 Å². The zero-order chi connectivity index (χ0) is 13.8. The van der Waals surface area contributed by atoms with Gasteiger partial charge in [0, 0.05) is 24.1 Å². The van der Waals surface area contributed by atoms with Gasteiger partial charge in [0.15, 0.2) is 0 Å². The Balaban J connectivity index is 1.98. The van der Waals surface area contributed by atoms with Crippen LogP contribution >= 0.6 is 0 Å². The minimum atomic E-state index is 0.102. The molecular weight excluding hydrogens is 238 g/mol. The van der Waals surface area contributed by atoms with Crippen molar-refractivity contribution in [3.8, 4) is 5.75 Å². The molecule has 2 aromatic rings. The SMILES string of the molecule is Cc1ccc(C(C)NC(C)Cc2ccco2)c(O)c1. The predicted molar refractivity (Wildman–Crippen MR) is 76.3 cm³/mol. The van der Waals surface area contributed by atoms with E-state index in [1.165, 1.54) is 0 Å². The smallest absolute Gasteiger partial charge is 0.120 e. The van der Waals surface area contributed by atoms with Gasteiger partial charge in [0.1, 0.15) is 11.5 Å². The lowest BCUT2D eigenvalue weighted by Crippen LogP contribution is -2.30. The average Bonchev–Trinajstić information content (AvgIpc) is 2.81. The van der Waals surface area contributed by atoms with Crippen molar-refractivity contribution in [3.05, 3.63) is 53.5 Å². The van der Waals surface area contributed by atoms with E-state index in [4.69, 9.17) is 4.42 Å². The number of phenols is 1. The number of aryl methyl sites for hydroxylation is 1. The van der Waals surface area contributed by atoms with Crippen LogP contribution in [0.3, 0.4) is 0 Å². The van der Waals surface area contributed by atoms with E-state index in [9.17, 15) is 5.11 Å². The van der Waals surface area contributed by atoms with E-state index in [0.29, 0.717) is 5.75 Å². The molecule has 0 fully saturated rings. The van der Waals surface area contributed by atoms with Crippen LogP contribution in [0.4, 0.5) is 0 Å². The Morgan fingerprint density at radius 2 is 2.05 bits per heavy atom. The van der Waals surface area contributed by atoms with Crippen molar-refractivity contribution in [1.82, 2.24) is 5.32 Å². The Kier molecular flexibility index (Phi) is 4.27. The Morgan fingerprint density at radius 3 is 2.68 bits per heavy atom. The Morgan fingerprint density at radius 1 is 1.26 bits per heavy atom. The summed E-state index contributed by atoms with van der Waals surface area (Å²) in [6.45, 7) is 6.15. The first-order valence-electron chi connectivity index (χ1n) is 6.64. The van der Waals surface area contributed by atoms with E-state index < -0.39 is 0 Å².